The summed E-state index contributed by atoms with van der Waals surface area (Å²) in [4.78, 5) is 22.6. The van der Waals surface area contributed by atoms with Crippen molar-refractivity contribution in [2.75, 3.05) is 7.05 Å². The van der Waals surface area contributed by atoms with Crippen molar-refractivity contribution in [1.82, 2.24) is 20.0 Å². The van der Waals surface area contributed by atoms with E-state index in [1.807, 2.05) is 32.0 Å². The van der Waals surface area contributed by atoms with E-state index in [1.165, 1.54) is 11.2 Å². The van der Waals surface area contributed by atoms with Gasteiger partial charge in [0.1, 0.15) is 12.0 Å². The Morgan fingerprint density at radius 1 is 1.25 bits per heavy atom. The zero-order valence-corrected chi connectivity index (χ0v) is 16.4. The smallest absolute Gasteiger partial charge is 0.275 e. The molecule has 4 rings (SSSR count). The number of rotatable bonds is 6. The van der Waals surface area contributed by atoms with Gasteiger partial charge in [0, 0.05) is 19.2 Å². The van der Waals surface area contributed by atoms with Gasteiger partial charge < -0.3 is 18.6 Å². The summed E-state index contributed by atoms with van der Waals surface area (Å²) in [7, 11) is 1.66. The van der Waals surface area contributed by atoms with Gasteiger partial charge in [0.15, 0.2) is 18.1 Å². The minimum atomic E-state index is -0.275. The van der Waals surface area contributed by atoms with Crippen LogP contribution in [0.25, 0.3) is 10.2 Å². The second-order valence-electron chi connectivity index (χ2n) is 6.37. The van der Waals surface area contributed by atoms with Crippen molar-refractivity contribution in [2.45, 2.75) is 27.0 Å². The lowest BCUT2D eigenvalue weighted by atomic mass is 10.3. The maximum atomic E-state index is 12.5. The van der Waals surface area contributed by atoms with Gasteiger partial charge in [-0.15, -0.1) is 11.3 Å². The Labute approximate surface area is 164 Å². The van der Waals surface area contributed by atoms with Crippen LogP contribution in [0.5, 0.6) is 5.75 Å². The van der Waals surface area contributed by atoms with Gasteiger partial charge in [-0.05, 0) is 26.0 Å². The van der Waals surface area contributed by atoms with Crippen molar-refractivity contribution in [3.8, 4) is 5.75 Å². The molecule has 0 N–H and O–H groups in total. The van der Waals surface area contributed by atoms with E-state index < -0.39 is 0 Å². The normalized spacial score (nSPS) is 11.1. The molecule has 0 aliphatic rings. The molecule has 8 nitrogen and oxygen atoms in total. The van der Waals surface area contributed by atoms with Crippen LogP contribution in [0.2, 0.25) is 0 Å². The minimum Gasteiger partial charge on any atom is -0.484 e. The summed E-state index contributed by atoms with van der Waals surface area (Å²) in [6.07, 6.45) is 1.33. The van der Waals surface area contributed by atoms with Crippen molar-refractivity contribution >= 4 is 27.5 Å². The SMILES string of the molecule is Cc1cc(CN(C)C(=O)c2coc(COc3ccc4sc(C)nc4c3)n2)on1. The van der Waals surface area contributed by atoms with Crippen LogP contribution < -0.4 is 4.74 Å². The molecule has 0 spiro atoms. The van der Waals surface area contributed by atoms with Gasteiger partial charge in [0.2, 0.25) is 5.89 Å². The summed E-state index contributed by atoms with van der Waals surface area (Å²) < 4.78 is 17.3. The average Bonchev–Trinajstić information content (AvgIpc) is 3.38. The molecule has 0 bridgehead atoms. The van der Waals surface area contributed by atoms with Gasteiger partial charge in [-0.3, -0.25) is 4.79 Å². The van der Waals surface area contributed by atoms with Crippen molar-refractivity contribution in [3.63, 3.8) is 0 Å². The molecule has 0 aliphatic carbocycles. The minimum absolute atomic E-state index is 0.118. The van der Waals surface area contributed by atoms with E-state index in [-0.39, 0.29) is 18.2 Å². The summed E-state index contributed by atoms with van der Waals surface area (Å²) in [5.41, 5.74) is 1.87. The van der Waals surface area contributed by atoms with E-state index >= 15 is 0 Å². The number of aromatic nitrogens is 3. The van der Waals surface area contributed by atoms with Gasteiger partial charge in [-0.2, -0.15) is 0 Å². The lowest BCUT2D eigenvalue weighted by Gasteiger charge is -2.12. The van der Waals surface area contributed by atoms with E-state index in [9.17, 15) is 4.79 Å². The highest BCUT2D eigenvalue weighted by atomic mass is 32.1. The molecule has 1 amide bonds. The molecular weight excluding hydrogens is 380 g/mol. The Kier molecular flexibility index (Phi) is 4.82. The van der Waals surface area contributed by atoms with Crippen LogP contribution in [0.3, 0.4) is 0 Å². The van der Waals surface area contributed by atoms with Gasteiger partial charge in [0.05, 0.1) is 27.5 Å². The molecule has 28 heavy (non-hydrogen) atoms. The van der Waals surface area contributed by atoms with E-state index in [1.54, 1.807) is 24.5 Å². The molecule has 0 radical (unpaired) electrons. The lowest BCUT2D eigenvalue weighted by Crippen LogP contribution is -2.26. The first-order valence-corrected chi connectivity index (χ1v) is 9.41. The second kappa shape index (κ2) is 7.43. The third-order valence-electron chi connectivity index (χ3n) is 4.02. The topological polar surface area (TPSA) is 94.5 Å². The summed E-state index contributed by atoms with van der Waals surface area (Å²) >= 11 is 1.64. The predicted octanol–water partition coefficient (Wildman–Crippen LogP) is 3.74. The van der Waals surface area contributed by atoms with Crippen LogP contribution in [0, 0.1) is 13.8 Å². The fraction of sp³-hybridized carbons (Fsp3) is 0.263. The summed E-state index contributed by atoms with van der Waals surface area (Å²) in [5, 5.41) is 4.82. The number of benzene rings is 1. The van der Waals surface area contributed by atoms with E-state index in [2.05, 4.69) is 15.1 Å². The number of oxazole rings is 1. The Morgan fingerprint density at radius 3 is 2.89 bits per heavy atom. The van der Waals surface area contributed by atoms with Crippen LogP contribution in [0.15, 0.2) is 39.5 Å². The molecule has 0 atom stereocenters. The van der Waals surface area contributed by atoms with Crippen LogP contribution in [-0.4, -0.2) is 33.0 Å². The molecule has 0 saturated carbocycles. The number of hydrogen-bond acceptors (Lipinski definition) is 8. The highest BCUT2D eigenvalue weighted by molar-refractivity contribution is 7.18. The Bertz CT molecular complexity index is 1130. The summed E-state index contributed by atoms with van der Waals surface area (Å²) in [5.74, 6) is 1.32. The number of carbonyl (C=O) groups is 1. The van der Waals surface area contributed by atoms with Crippen molar-refractivity contribution in [2.24, 2.45) is 0 Å². The van der Waals surface area contributed by atoms with E-state index in [0.717, 1.165) is 20.9 Å². The number of aryl methyl sites for hydroxylation is 2. The van der Waals surface area contributed by atoms with Crippen molar-refractivity contribution in [3.05, 3.63) is 58.6 Å². The van der Waals surface area contributed by atoms with Crippen LogP contribution in [0.4, 0.5) is 0 Å². The molecule has 4 aromatic rings. The largest absolute Gasteiger partial charge is 0.484 e. The first-order chi connectivity index (χ1) is 13.5. The Balaban J connectivity index is 1.38. The molecule has 3 aromatic heterocycles. The molecule has 3 heterocycles. The Hall–Kier alpha value is -3.20. The molecule has 9 heteroatoms. The number of carbonyl (C=O) groups excluding carboxylic acids is 1. The van der Waals surface area contributed by atoms with Crippen molar-refractivity contribution < 1.29 is 18.5 Å². The van der Waals surface area contributed by atoms with Gasteiger partial charge in [-0.25, -0.2) is 9.97 Å². The number of fused-ring (bicyclic) bond motifs is 1. The maximum absolute atomic E-state index is 12.5. The van der Waals surface area contributed by atoms with Gasteiger partial charge in [-0.1, -0.05) is 5.16 Å². The van der Waals surface area contributed by atoms with Crippen LogP contribution in [0.1, 0.15) is 32.8 Å². The number of ether oxygens (including phenoxy) is 1. The fourth-order valence-electron chi connectivity index (χ4n) is 2.72. The van der Waals surface area contributed by atoms with Crippen LogP contribution in [-0.2, 0) is 13.2 Å². The highest BCUT2D eigenvalue weighted by Crippen LogP contribution is 2.26. The first kappa shape index (κ1) is 18.2. The van der Waals surface area contributed by atoms with E-state index in [4.69, 9.17) is 13.7 Å². The lowest BCUT2D eigenvalue weighted by molar-refractivity contribution is 0.0766. The fourth-order valence-corrected chi connectivity index (χ4v) is 3.53. The van der Waals surface area contributed by atoms with Gasteiger partial charge >= 0.3 is 0 Å². The third kappa shape index (κ3) is 3.89. The predicted molar refractivity (Wildman–Crippen MR) is 102 cm³/mol. The maximum Gasteiger partial charge on any atom is 0.275 e. The quantitative estimate of drug-likeness (QED) is 0.488. The third-order valence-corrected chi connectivity index (χ3v) is 4.97. The number of thiazole rings is 1. The number of nitrogens with zero attached hydrogens (tertiary/aromatic N) is 4. The molecule has 144 valence electrons. The number of hydrogen-bond donors (Lipinski definition) is 0. The molecule has 1 aromatic carbocycles. The molecule has 0 saturated heterocycles. The average molecular weight is 398 g/mol. The molecule has 0 aliphatic heterocycles. The van der Waals surface area contributed by atoms with Gasteiger partial charge in [0.25, 0.3) is 5.91 Å². The molecule has 0 fully saturated rings. The van der Waals surface area contributed by atoms with Crippen molar-refractivity contribution in [1.29, 1.82) is 0 Å². The zero-order chi connectivity index (χ0) is 19.7. The number of amides is 1. The van der Waals surface area contributed by atoms with Crippen LogP contribution >= 0.6 is 11.3 Å². The highest BCUT2D eigenvalue weighted by Gasteiger charge is 2.18. The molecule has 0 unspecified atom stereocenters. The zero-order valence-electron chi connectivity index (χ0n) is 15.6. The summed E-state index contributed by atoms with van der Waals surface area (Å²) in [6.45, 7) is 4.21. The second-order valence-corrected chi connectivity index (χ2v) is 7.61. The van der Waals surface area contributed by atoms with E-state index in [0.29, 0.717) is 23.9 Å². The standard InChI is InChI=1S/C19H18N4O4S/c1-11-6-14(27-22-11)8-23(3)19(24)16-9-26-18(21-16)10-25-13-4-5-17-15(7-13)20-12(2)28-17/h4-7,9H,8,10H2,1-3H3. The Morgan fingerprint density at radius 2 is 2.11 bits per heavy atom. The molecular formula is C19H18N4O4S. The first-order valence-electron chi connectivity index (χ1n) is 8.60. The summed E-state index contributed by atoms with van der Waals surface area (Å²) in [6, 6.07) is 7.51. The monoisotopic (exact) mass is 398 g/mol.